The molecule has 0 fully saturated rings. The molecule has 0 aliphatic rings. The molecule has 3 aromatic rings. The monoisotopic (exact) mass is 523 g/mol. The van der Waals surface area contributed by atoms with Crippen molar-refractivity contribution in [3.63, 3.8) is 0 Å². The number of halogens is 7. The highest BCUT2D eigenvalue weighted by molar-refractivity contribution is 7.90. The number of carbonyl (C=O) groups is 1. The van der Waals surface area contributed by atoms with E-state index in [-0.39, 0.29) is 10.2 Å². The van der Waals surface area contributed by atoms with Gasteiger partial charge in [0.15, 0.2) is 11.4 Å². The Morgan fingerprint density at radius 1 is 1.06 bits per heavy atom. The summed E-state index contributed by atoms with van der Waals surface area (Å²) in [5.74, 6) is -4.03. The number of aromatic nitrogens is 3. The van der Waals surface area contributed by atoms with Gasteiger partial charge in [-0.05, 0) is 42.5 Å². The van der Waals surface area contributed by atoms with Crippen LogP contribution in [0.5, 0.6) is 5.75 Å². The number of nitriles is 1. The minimum absolute atomic E-state index is 0.0959. The highest BCUT2D eigenvalue weighted by Gasteiger charge is 2.43. The number of rotatable bonds is 5. The molecule has 1 amide bonds. The molecule has 1 heterocycles. The van der Waals surface area contributed by atoms with E-state index in [2.05, 4.69) is 15.0 Å². The molecule has 1 N–H and O–H groups in total. The van der Waals surface area contributed by atoms with Gasteiger partial charge in [-0.15, -0.1) is 18.3 Å². The van der Waals surface area contributed by atoms with Gasteiger partial charge in [0.1, 0.15) is 17.3 Å². The van der Waals surface area contributed by atoms with Gasteiger partial charge in [0.25, 0.3) is 15.9 Å². The van der Waals surface area contributed by atoms with E-state index in [1.54, 1.807) is 6.07 Å². The number of sulfonamides is 1. The van der Waals surface area contributed by atoms with E-state index in [4.69, 9.17) is 5.26 Å². The largest absolute Gasteiger partial charge is 0.573 e. The number of alkyl halides is 6. The first-order valence-electron chi connectivity index (χ1n) is 8.78. The Balaban J connectivity index is 1.96. The fourth-order valence-corrected chi connectivity index (χ4v) is 3.61. The first-order valence-corrected chi connectivity index (χ1v) is 10.3. The molecule has 184 valence electrons. The van der Waals surface area contributed by atoms with Gasteiger partial charge in [-0.1, -0.05) is 5.21 Å². The third-order valence-corrected chi connectivity index (χ3v) is 5.40. The second-order valence-corrected chi connectivity index (χ2v) is 8.11. The van der Waals surface area contributed by atoms with Crippen LogP contribution >= 0.6 is 0 Å². The van der Waals surface area contributed by atoms with Crippen LogP contribution in [-0.4, -0.2) is 35.7 Å². The van der Waals surface area contributed by atoms with Crippen LogP contribution in [0.1, 0.15) is 21.7 Å². The summed E-state index contributed by atoms with van der Waals surface area (Å²) in [6.45, 7) is 0. The maximum atomic E-state index is 14.2. The van der Waals surface area contributed by atoms with Crippen LogP contribution in [0.4, 0.5) is 30.7 Å². The molecule has 3 rings (SSSR count). The molecule has 1 aromatic heterocycles. The molecule has 0 aliphatic heterocycles. The summed E-state index contributed by atoms with van der Waals surface area (Å²) >= 11 is 0. The number of hydrogen-bond donors (Lipinski definition) is 1. The van der Waals surface area contributed by atoms with E-state index in [1.807, 2.05) is 0 Å². The second kappa shape index (κ2) is 8.87. The lowest BCUT2D eigenvalue weighted by Gasteiger charge is -2.12. The van der Waals surface area contributed by atoms with Crippen molar-refractivity contribution < 1.29 is 48.7 Å². The third-order valence-electron chi connectivity index (χ3n) is 4.05. The zero-order valence-corrected chi connectivity index (χ0v) is 17.3. The number of amides is 1. The van der Waals surface area contributed by atoms with E-state index in [0.29, 0.717) is 30.3 Å². The van der Waals surface area contributed by atoms with E-state index in [9.17, 15) is 43.9 Å². The molecule has 0 bridgehead atoms. The Kier molecular flexibility index (Phi) is 6.44. The zero-order chi connectivity index (χ0) is 26.2. The number of carbonyl (C=O) groups excluding carboxylic acids is 1. The molecular formula is C18H8F7N5O4S. The molecule has 2 aromatic carbocycles. The number of benzene rings is 2. The van der Waals surface area contributed by atoms with Crippen LogP contribution in [-0.2, 0) is 16.2 Å². The van der Waals surface area contributed by atoms with Crippen molar-refractivity contribution in [2.24, 2.45) is 0 Å². The SMILES string of the molecule is N#Cc1ccc(-n2nnc(C(=O)NS(=O)(=O)c3ccc(OC(F)(F)F)cc3)c2C(F)(F)F)c(F)c1. The number of hydrogen-bond acceptors (Lipinski definition) is 7. The Morgan fingerprint density at radius 2 is 1.69 bits per heavy atom. The average Bonchev–Trinajstić information content (AvgIpc) is 3.18. The van der Waals surface area contributed by atoms with Crippen LogP contribution in [0.2, 0.25) is 0 Å². The van der Waals surface area contributed by atoms with Crippen LogP contribution in [0.15, 0.2) is 47.4 Å². The topological polar surface area (TPSA) is 127 Å². The normalized spacial score (nSPS) is 12.2. The minimum Gasteiger partial charge on any atom is -0.406 e. The van der Waals surface area contributed by atoms with Crippen molar-refractivity contribution in [1.82, 2.24) is 19.7 Å². The molecule has 0 atom stereocenters. The first-order chi connectivity index (χ1) is 16.1. The summed E-state index contributed by atoms with van der Waals surface area (Å²) in [6, 6.07) is 6.30. The van der Waals surface area contributed by atoms with Crippen molar-refractivity contribution in [3.05, 3.63) is 65.2 Å². The lowest BCUT2D eigenvalue weighted by Crippen LogP contribution is -2.32. The molecule has 0 spiro atoms. The number of nitrogens with zero attached hydrogens (tertiary/aromatic N) is 4. The van der Waals surface area contributed by atoms with Crippen molar-refractivity contribution in [1.29, 1.82) is 5.26 Å². The fourth-order valence-electron chi connectivity index (χ4n) is 2.66. The summed E-state index contributed by atoms with van der Waals surface area (Å²) in [5, 5.41) is 14.9. The molecule has 0 radical (unpaired) electrons. The van der Waals surface area contributed by atoms with Gasteiger partial charge < -0.3 is 4.74 Å². The van der Waals surface area contributed by atoms with Gasteiger partial charge in [-0.25, -0.2) is 22.2 Å². The summed E-state index contributed by atoms with van der Waals surface area (Å²) in [6.07, 6.45) is -10.4. The second-order valence-electron chi connectivity index (χ2n) is 6.43. The van der Waals surface area contributed by atoms with Crippen LogP contribution in [0, 0.1) is 17.1 Å². The molecule has 0 saturated carbocycles. The van der Waals surface area contributed by atoms with Gasteiger partial charge in [0.2, 0.25) is 0 Å². The molecule has 0 unspecified atom stereocenters. The van der Waals surface area contributed by atoms with Gasteiger partial charge in [0.05, 0.1) is 16.5 Å². The lowest BCUT2D eigenvalue weighted by atomic mass is 10.2. The Hall–Kier alpha value is -4.20. The maximum Gasteiger partial charge on any atom is 0.573 e. The third kappa shape index (κ3) is 5.66. The van der Waals surface area contributed by atoms with E-state index >= 15 is 0 Å². The quantitative estimate of drug-likeness (QED) is 0.509. The molecular weight excluding hydrogens is 515 g/mol. The Labute approximate surface area is 190 Å². The summed E-state index contributed by atoms with van der Waals surface area (Å²) < 4.78 is 121. The Bertz CT molecular complexity index is 1430. The van der Waals surface area contributed by atoms with Crippen molar-refractivity contribution in [2.45, 2.75) is 17.4 Å². The molecule has 9 nitrogen and oxygen atoms in total. The molecule has 0 aliphatic carbocycles. The van der Waals surface area contributed by atoms with Crippen molar-refractivity contribution >= 4 is 15.9 Å². The molecule has 17 heteroatoms. The standard InChI is InChI=1S/C18H8F7N5O4S/c19-12-7-9(8-26)1-6-13(12)30-15(17(20,21)22)14(27-29-30)16(31)28-35(32,33)11-4-2-10(3-5-11)34-18(23,24)25/h1-7H,(H,28,31). The summed E-state index contributed by atoms with van der Waals surface area (Å²) in [7, 11) is -4.89. The van der Waals surface area contributed by atoms with E-state index in [0.717, 1.165) is 12.1 Å². The molecule has 35 heavy (non-hydrogen) atoms. The summed E-state index contributed by atoms with van der Waals surface area (Å²) in [4.78, 5) is 11.6. The van der Waals surface area contributed by atoms with Gasteiger partial charge >= 0.3 is 12.5 Å². The smallest absolute Gasteiger partial charge is 0.406 e. The highest BCUT2D eigenvalue weighted by atomic mass is 32.2. The minimum atomic E-state index is -5.38. The predicted molar refractivity (Wildman–Crippen MR) is 98.8 cm³/mol. The van der Waals surface area contributed by atoms with Crippen LogP contribution < -0.4 is 9.46 Å². The van der Waals surface area contributed by atoms with Crippen LogP contribution in [0.25, 0.3) is 5.69 Å². The number of nitrogens with one attached hydrogen (secondary N) is 1. The van der Waals surface area contributed by atoms with E-state index in [1.165, 1.54) is 4.72 Å². The highest BCUT2D eigenvalue weighted by Crippen LogP contribution is 2.33. The van der Waals surface area contributed by atoms with Gasteiger partial charge in [0, 0.05) is 0 Å². The van der Waals surface area contributed by atoms with Crippen LogP contribution in [0.3, 0.4) is 0 Å². The van der Waals surface area contributed by atoms with Crippen molar-refractivity contribution in [2.75, 3.05) is 0 Å². The summed E-state index contributed by atoms with van der Waals surface area (Å²) in [5.41, 5.74) is -4.54. The Morgan fingerprint density at radius 3 is 2.20 bits per heavy atom. The zero-order valence-electron chi connectivity index (χ0n) is 16.5. The first kappa shape index (κ1) is 25.4. The maximum absolute atomic E-state index is 14.2. The lowest BCUT2D eigenvalue weighted by molar-refractivity contribution is -0.274. The average molecular weight is 523 g/mol. The van der Waals surface area contributed by atoms with E-state index < -0.39 is 62.0 Å². The molecule has 0 saturated heterocycles. The van der Waals surface area contributed by atoms with Crippen molar-refractivity contribution in [3.8, 4) is 17.5 Å². The predicted octanol–water partition coefficient (Wildman–Crippen LogP) is 3.31. The number of ether oxygens (including phenoxy) is 1. The fraction of sp³-hybridized carbons (Fsp3) is 0.111. The van der Waals surface area contributed by atoms with Gasteiger partial charge in [-0.3, -0.25) is 4.79 Å². The van der Waals surface area contributed by atoms with Gasteiger partial charge in [-0.2, -0.15) is 18.4 Å².